The van der Waals surface area contributed by atoms with Crippen LogP contribution in [-0.2, 0) is 28.6 Å². The minimum Gasteiger partial charge on any atom is -0.477 e. The van der Waals surface area contributed by atoms with Gasteiger partial charge in [0.05, 0.1) is 34.4 Å². The Morgan fingerprint density at radius 1 is 0.675 bits per heavy atom. The van der Waals surface area contributed by atoms with Crippen molar-refractivity contribution in [3.63, 3.8) is 0 Å². The largest absolute Gasteiger partial charge is 0.477 e. The maximum absolute atomic E-state index is 12.4. The first-order valence-electron chi connectivity index (χ1n) is 16.1. The summed E-state index contributed by atoms with van der Waals surface area (Å²) in [4.78, 5) is 35.5. The van der Waals surface area contributed by atoms with Crippen LogP contribution in [0.2, 0.25) is 0 Å². The van der Waals surface area contributed by atoms with Crippen molar-refractivity contribution in [1.82, 2.24) is 0 Å². The van der Waals surface area contributed by atoms with E-state index in [1.165, 1.54) is 83.5 Å². The number of hydrogen-bond donors (Lipinski definition) is 1. The molecule has 2 atom stereocenters. The predicted molar refractivity (Wildman–Crippen MR) is 160 cm³/mol. The number of nitrogens with zero attached hydrogens (tertiary/aromatic N) is 1. The molecule has 40 heavy (non-hydrogen) atoms. The van der Waals surface area contributed by atoms with E-state index in [2.05, 4.69) is 6.92 Å². The summed E-state index contributed by atoms with van der Waals surface area (Å²) >= 11 is 0. The van der Waals surface area contributed by atoms with E-state index in [1.54, 1.807) is 6.92 Å². The van der Waals surface area contributed by atoms with Crippen LogP contribution < -0.4 is 0 Å². The molecule has 236 valence electrons. The Balaban J connectivity index is 4.01. The fourth-order valence-corrected chi connectivity index (χ4v) is 4.72. The van der Waals surface area contributed by atoms with Crippen molar-refractivity contribution in [2.24, 2.45) is 0 Å². The molecule has 1 N–H and O–H groups in total. The quantitative estimate of drug-likeness (QED) is 0.0608. The minimum absolute atomic E-state index is 0.0605. The highest BCUT2D eigenvalue weighted by atomic mass is 16.6. The number of rotatable bonds is 28. The third-order valence-corrected chi connectivity index (χ3v) is 7.31. The van der Waals surface area contributed by atoms with Gasteiger partial charge in [-0.25, -0.2) is 4.79 Å². The van der Waals surface area contributed by atoms with E-state index in [4.69, 9.17) is 14.2 Å². The van der Waals surface area contributed by atoms with Crippen molar-refractivity contribution in [2.75, 3.05) is 41.0 Å². The maximum atomic E-state index is 12.4. The standard InChI is InChI=1S/C32H61NO7/c1-6-8-9-10-11-12-13-14-15-16-17-18-19-20-21-22-23-31(35)40-28(27-39-30(34)7-2)26-38-25-24-29(32(36)37)33(3,4)5/h28-29H,6-27H2,1-5H3/p+1. The zero-order valence-electron chi connectivity index (χ0n) is 26.6. The lowest BCUT2D eigenvalue weighted by atomic mass is 10.0. The highest BCUT2D eigenvalue weighted by Crippen LogP contribution is 2.15. The van der Waals surface area contributed by atoms with Gasteiger partial charge in [-0.15, -0.1) is 0 Å². The van der Waals surface area contributed by atoms with Crippen molar-refractivity contribution < 1.29 is 38.2 Å². The molecule has 0 bridgehead atoms. The Hall–Kier alpha value is -1.67. The molecule has 0 aliphatic heterocycles. The number of hydrogen-bond acceptors (Lipinski definition) is 6. The van der Waals surface area contributed by atoms with Crippen LogP contribution in [-0.4, -0.2) is 80.6 Å². The van der Waals surface area contributed by atoms with E-state index in [9.17, 15) is 19.5 Å². The molecule has 0 rings (SSSR count). The summed E-state index contributed by atoms with van der Waals surface area (Å²) < 4.78 is 16.6. The molecule has 8 nitrogen and oxygen atoms in total. The van der Waals surface area contributed by atoms with Gasteiger partial charge in [0.15, 0.2) is 12.1 Å². The van der Waals surface area contributed by atoms with Crippen molar-refractivity contribution in [3.8, 4) is 0 Å². The average Bonchev–Trinajstić information content (AvgIpc) is 2.89. The molecular weight excluding hydrogens is 510 g/mol. The molecule has 0 saturated heterocycles. The Kier molecular flexibility index (Phi) is 24.0. The smallest absolute Gasteiger partial charge is 0.362 e. The number of ether oxygens (including phenoxy) is 3. The summed E-state index contributed by atoms with van der Waals surface area (Å²) in [6.45, 7) is 4.18. The first-order chi connectivity index (χ1) is 19.1. The zero-order valence-corrected chi connectivity index (χ0v) is 26.6. The fraction of sp³-hybridized carbons (Fsp3) is 0.906. The van der Waals surface area contributed by atoms with Crippen molar-refractivity contribution in [1.29, 1.82) is 0 Å². The topological polar surface area (TPSA) is 99.1 Å². The second-order valence-corrected chi connectivity index (χ2v) is 12.0. The minimum atomic E-state index is -0.880. The van der Waals surface area contributed by atoms with E-state index >= 15 is 0 Å². The second-order valence-electron chi connectivity index (χ2n) is 12.0. The van der Waals surface area contributed by atoms with Crippen LogP contribution in [0.15, 0.2) is 0 Å². The van der Waals surface area contributed by atoms with Gasteiger partial charge in [0, 0.05) is 19.3 Å². The molecule has 0 aromatic carbocycles. The molecular formula is C32H62NO7+. The van der Waals surface area contributed by atoms with Crippen LogP contribution in [0.4, 0.5) is 0 Å². The molecule has 2 unspecified atom stereocenters. The summed E-state index contributed by atoms with van der Waals surface area (Å²) in [7, 11) is 5.48. The lowest BCUT2D eigenvalue weighted by molar-refractivity contribution is -0.887. The lowest BCUT2D eigenvalue weighted by Crippen LogP contribution is -2.50. The highest BCUT2D eigenvalue weighted by Gasteiger charge is 2.31. The van der Waals surface area contributed by atoms with Gasteiger partial charge in [-0.1, -0.05) is 110 Å². The Labute approximate surface area is 245 Å². The van der Waals surface area contributed by atoms with Gasteiger partial charge in [-0.2, -0.15) is 0 Å². The average molecular weight is 573 g/mol. The summed E-state index contributed by atoms with van der Waals surface area (Å²) in [5, 5.41) is 9.45. The van der Waals surface area contributed by atoms with Gasteiger partial charge < -0.3 is 23.8 Å². The Morgan fingerprint density at radius 3 is 1.57 bits per heavy atom. The molecule has 0 fully saturated rings. The van der Waals surface area contributed by atoms with E-state index in [0.717, 1.165) is 19.3 Å². The number of aliphatic carboxylic acids is 1. The summed E-state index contributed by atoms with van der Waals surface area (Å²) in [6, 6.07) is -0.603. The number of carboxylic acid groups (broad SMARTS) is 1. The monoisotopic (exact) mass is 572 g/mol. The molecule has 8 heteroatoms. The molecule has 0 aromatic heterocycles. The van der Waals surface area contributed by atoms with Crippen LogP contribution >= 0.6 is 0 Å². The predicted octanol–water partition coefficient (Wildman–Crippen LogP) is 7.07. The van der Waals surface area contributed by atoms with Gasteiger partial charge in [-0.05, 0) is 6.42 Å². The lowest BCUT2D eigenvalue weighted by Gasteiger charge is -2.31. The maximum Gasteiger partial charge on any atom is 0.362 e. The number of quaternary nitrogens is 1. The molecule has 0 aliphatic rings. The summed E-state index contributed by atoms with van der Waals surface area (Å²) in [6.07, 6.45) is 20.7. The second kappa shape index (κ2) is 25.1. The van der Waals surface area contributed by atoms with Crippen molar-refractivity contribution in [3.05, 3.63) is 0 Å². The van der Waals surface area contributed by atoms with Gasteiger partial charge >= 0.3 is 17.9 Å². The van der Waals surface area contributed by atoms with Gasteiger partial charge in [0.2, 0.25) is 0 Å². The van der Waals surface area contributed by atoms with Crippen LogP contribution in [0.3, 0.4) is 0 Å². The van der Waals surface area contributed by atoms with E-state index in [-0.39, 0.29) is 42.7 Å². The van der Waals surface area contributed by atoms with Crippen LogP contribution in [0.1, 0.15) is 136 Å². The highest BCUT2D eigenvalue weighted by molar-refractivity contribution is 5.72. The molecule has 0 aromatic rings. The Bertz CT molecular complexity index is 648. The number of carboxylic acids is 1. The fourth-order valence-electron chi connectivity index (χ4n) is 4.72. The molecule has 0 saturated carbocycles. The number of esters is 2. The Morgan fingerprint density at radius 2 is 1.15 bits per heavy atom. The molecule has 0 radical (unpaired) electrons. The molecule has 0 heterocycles. The van der Waals surface area contributed by atoms with Crippen LogP contribution in [0, 0.1) is 0 Å². The molecule has 0 aliphatic carbocycles. The molecule has 0 spiro atoms. The van der Waals surface area contributed by atoms with E-state index in [0.29, 0.717) is 12.8 Å². The van der Waals surface area contributed by atoms with Crippen LogP contribution in [0.5, 0.6) is 0 Å². The third-order valence-electron chi connectivity index (χ3n) is 7.31. The normalized spacial score (nSPS) is 13.1. The van der Waals surface area contributed by atoms with Crippen LogP contribution in [0.25, 0.3) is 0 Å². The number of likely N-dealkylation sites (N-methyl/N-ethyl adjacent to an activating group) is 1. The van der Waals surface area contributed by atoms with E-state index in [1.807, 2.05) is 21.1 Å². The SMILES string of the molecule is CCCCCCCCCCCCCCCCCCC(=O)OC(COCCC(C(=O)O)[N+](C)(C)C)COC(=O)CC. The zero-order chi connectivity index (χ0) is 30.1. The number of carbonyl (C=O) groups excluding carboxylic acids is 2. The van der Waals surface area contributed by atoms with Crippen molar-refractivity contribution >= 4 is 17.9 Å². The number of carbonyl (C=O) groups is 3. The number of unbranched alkanes of at least 4 members (excludes halogenated alkanes) is 15. The van der Waals surface area contributed by atoms with E-state index < -0.39 is 18.1 Å². The molecule has 0 amide bonds. The van der Waals surface area contributed by atoms with Gasteiger partial charge in [0.1, 0.15) is 6.61 Å². The first kappa shape index (κ1) is 38.3. The summed E-state index contributed by atoms with van der Waals surface area (Å²) in [5.41, 5.74) is 0. The van der Waals surface area contributed by atoms with Crippen molar-refractivity contribution in [2.45, 2.75) is 148 Å². The summed E-state index contributed by atoms with van der Waals surface area (Å²) in [5.74, 6) is -1.56. The third kappa shape index (κ3) is 23.1. The van der Waals surface area contributed by atoms with Gasteiger partial charge in [-0.3, -0.25) is 9.59 Å². The van der Waals surface area contributed by atoms with Gasteiger partial charge in [0.25, 0.3) is 0 Å². The first-order valence-corrected chi connectivity index (χ1v) is 16.1.